The molecule has 0 spiro atoms. The fourth-order valence-electron chi connectivity index (χ4n) is 4.10. The van der Waals surface area contributed by atoms with Gasteiger partial charge in [-0.25, -0.2) is 0 Å². The van der Waals surface area contributed by atoms with Gasteiger partial charge in [0.15, 0.2) is 0 Å². The number of carbonyl (C=O) groups excluding carboxylic acids is 2. The average molecular weight is 385 g/mol. The third-order valence-corrected chi connectivity index (χ3v) is 5.49. The first-order valence-corrected chi connectivity index (χ1v) is 9.92. The van der Waals surface area contributed by atoms with Crippen LogP contribution < -0.4 is 5.32 Å². The standard InChI is InChI=1S/C20H27N5O3/c1-15(26)21-11-17-10-18-13-24(7-8-25(18)22-17)20(27)16-4-2-6-23(12-16)14-19-5-3-9-28-19/h3,5,9-10,16H,2,4,6-8,11-14H2,1H3,(H,21,26)/t16-/m0/s1. The fraction of sp³-hybridized carbons (Fsp3) is 0.550. The number of amides is 2. The third-order valence-electron chi connectivity index (χ3n) is 5.49. The molecule has 1 N–H and O–H groups in total. The maximum atomic E-state index is 13.1. The Morgan fingerprint density at radius 2 is 2.21 bits per heavy atom. The minimum atomic E-state index is -0.0702. The Bertz CT molecular complexity index is 829. The number of hydrogen-bond acceptors (Lipinski definition) is 5. The lowest BCUT2D eigenvalue weighted by molar-refractivity contribution is -0.139. The average Bonchev–Trinajstić information content (AvgIpc) is 3.34. The molecule has 4 rings (SSSR count). The van der Waals surface area contributed by atoms with Crippen molar-refractivity contribution < 1.29 is 14.0 Å². The Labute approximate surface area is 164 Å². The third kappa shape index (κ3) is 4.27. The quantitative estimate of drug-likeness (QED) is 0.840. The summed E-state index contributed by atoms with van der Waals surface area (Å²) in [6.07, 6.45) is 3.67. The minimum Gasteiger partial charge on any atom is -0.468 e. The lowest BCUT2D eigenvalue weighted by Gasteiger charge is -2.36. The smallest absolute Gasteiger partial charge is 0.227 e. The molecule has 4 heterocycles. The largest absolute Gasteiger partial charge is 0.468 e. The highest BCUT2D eigenvalue weighted by atomic mass is 16.3. The second-order valence-electron chi connectivity index (χ2n) is 7.67. The molecule has 1 atom stereocenters. The van der Waals surface area contributed by atoms with Crippen molar-refractivity contribution in [2.45, 2.75) is 45.9 Å². The van der Waals surface area contributed by atoms with Crippen LogP contribution in [0.1, 0.15) is 36.9 Å². The van der Waals surface area contributed by atoms with Gasteiger partial charge in [0.1, 0.15) is 5.76 Å². The van der Waals surface area contributed by atoms with E-state index in [1.807, 2.05) is 27.8 Å². The number of nitrogens with zero attached hydrogens (tertiary/aromatic N) is 4. The number of fused-ring (bicyclic) bond motifs is 1. The second kappa shape index (κ2) is 8.18. The molecular weight excluding hydrogens is 358 g/mol. The van der Waals surface area contributed by atoms with Crippen LogP contribution in [0.2, 0.25) is 0 Å². The van der Waals surface area contributed by atoms with E-state index in [0.717, 1.165) is 49.6 Å². The zero-order valence-corrected chi connectivity index (χ0v) is 16.3. The van der Waals surface area contributed by atoms with Crippen LogP contribution in [0, 0.1) is 5.92 Å². The van der Waals surface area contributed by atoms with Crippen LogP contribution in [0.15, 0.2) is 28.9 Å². The van der Waals surface area contributed by atoms with E-state index < -0.39 is 0 Å². The monoisotopic (exact) mass is 385 g/mol. The van der Waals surface area contributed by atoms with E-state index in [4.69, 9.17) is 4.42 Å². The number of aromatic nitrogens is 2. The fourth-order valence-corrected chi connectivity index (χ4v) is 4.10. The van der Waals surface area contributed by atoms with Crippen LogP contribution >= 0.6 is 0 Å². The second-order valence-corrected chi connectivity index (χ2v) is 7.67. The van der Waals surface area contributed by atoms with Gasteiger partial charge in [0.05, 0.1) is 49.7 Å². The van der Waals surface area contributed by atoms with Crippen molar-refractivity contribution in [1.29, 1.82) is 0 Å². The van der Waals surface area contributed by atoms with Crippen molar-refractivity contribution in [2.75, 3.05) is 19.6 Å². The summed E-state index contributed by atoms with van der Waals surface area (Å²) in [5.41, 5.74) is 1.87. The van der Waals surface area contributed by atoms with E-state index in [0.29, 0.717) is 26.2 Å². The molecule has 28 heavy (non-hydrogen) atoms. The predicted octanol–water partition coefficient (Wildman–Crippen LogP) is 1.37. The molecule has 2 amide bonds. The van der Waals surface area contributed by atoms with E-state index in [1.165, 1.54) is 6.92 Å². The van der Waals surface area contributed by atoms with Crippen molar-refractivity contribution in [1.82, 2.24) is 24.9 Å². The highest BCUT2D eigenvalue weighted by molar-refractivity contribution is 5.79. The molecule has 8 nitrogen and oxygen atoms in total. The normalized spacial score (nSPS) is 20.0. The highest BCUT2D eigenvalue weighted by Gasteiger charge is 2.31. The Hall–Kier alpha value is -2.61. The van der Waals surface area contributed by atoms with Gasteiger partial charge in [0.25, 0.3) is 0 Å². The molecule has 0 bridgehead atoms. The topological polar surface area (TPSA) is 83.6 Å². The molecule has 2 aromatic heterocycles. The van der Waals surface area contributed by atoms with Crippen LogP contribution in [0.5, 0.6) is 0 Å². The predicted molar refractivity (Wildman–Crippen MR) is 102 cm³/mol. The number of likely N-dealkylation sites (tertiary alicyclic amines) is 1. The lowest BCUT2D eigenvalue weighted by atomic mass is 9.96. The van der Waals surface area contributed by atoms with Crippen molar-refractivity contribution in [3.63, 3.8) is 0 Å². The summed E-state index contributed by atoms with van der Waals surface area (Å²) < 4.78 is 7.40. The molecule has 0 aliphatic carbocycles. The number of carbonyl (C=O) groups is 2. The van der Waals surface area contributed by atoms with Gasteiger partial charge in [0, 0.05) is 20.0 Å². The molecule has 8 heteroatoms. The summed E-state index contributed by atoms with van der Waals surface area (Å²) in [6.45, 7) is 6.43. The number of piperidine rings is 1. The molecule has 0 saturated carbocycles. The number of hydrogen-bond donors (Lipinski definition) is 1. The first kappa shape index (κ1) is 18.7. The van der Waals surface area contributed by atoms with Gasteiger partial charge < -0.3 is 14.6 Å². The Morgan fingerprint density at radius 3 is 3.00 bits per heavy atom. The maximum absolute atomic E-state index is 13.1. The number of rotatable bonds is 5. The molecule has 2 aliphatic rings. The van der Waals surface area contributed by atoms with Crippen molar-refractivity contribution >= 4 is 11.8 Å². The summed E-state index contributed by atoms with van der Waals surface area (Å²) in [7, 11) is 0. The molecule has 2 aromatic rings. The molecule has 150 valence electrons. The first-order valence-electron chi connectivity index (χ1n) is 9.92. The Balaban J connectivity index is 1.35. The SMILES string of the molecule is CC(=O)NCc1cc2n(n1)CCN(C(=O)[C@H]1CCCN(Cc3ccco3)C1)C2. The van der Waals surface area contributed by atoms with Gasteiger partial charge >= 0.3 is 0 Å². The molecule has 1 saturated heterocycles. The van der Waals surface area contributed by atoms with E-state index in [-0.39, 0.29) is 17.7 Å². The highest BCUT2D eigenvalue weighted by Crippen LogP contribution is 2.23. The summed E-state index contributed by atoms with van der Waals surface area (Å²) in [4.78, 5) is 28.5. The molecule has 0 radical (unpaired) electrons. The Kier molecular flexibility index (Phi) is 5.47. The van der Waals surface area contributed by atoms with E-state index in [1.54, 1.807) is 6.26 Å². The zero-order valence-electron chi connectivity index (χ0n) is 16.3. The van der Waals surface area contributed by atoms with Gasteiger partial charge in [-0.1, -0.05) is 0 Å². The molecule has 1 fully saturated rings. The molecule has 2 aliphatic heterocycles. The van der Waals surface area contributed by atoms with Gasteiger partial charge in [-0.2, -0.15) is 5.10 Å². The first-order chi connectivity index (χ1) is 13.6. The summed E-state index contributed by atoms with van der Waals surface area (Å²) in [6, 6.07) is 5.87. The summed E-state index contributed by atoms with van der Waals surface area (Å²) in [5.74, 6) is 1.15. The van der Waals surface area contributed by atoms with Crippen molar-refractivity contribution in [3.8, 4) is 0 Å². The Morgan fingerprint density at radius 1 is 1.32 bits per heavy atom. The maximum Gasteiger partial charge on any atom is 0.227 e. The summed E-state index contributed by atoms with van der Waals surface area (Å²) >= 11 is 0. The number of nitrogens with one attached hydrogen (secondary N) is 1. The van der Waals surface area contributed by atoms with Crippen LogP contribution in [-0.4, -0.2) is 51.0 Å². The van der Waals surface area contributed by atoms with Crippen LogP contribution in [0.3, 0.4) is 0 Å². The minimum absolute atomic E-state index is 0.0389. The van der Waals surface area contributed by atoms with Crippen LogP contribution in [0.25, 0.3) is 0 Å². The van der Waals surface area contributed by atoms with Gasteiger partial charge in [-0.15, -0.1) is 0 Å². The molecule has 0 aromatic carbocycles. The van der Waals surface area contributed by atoms with Crippen LogP contribution in [0.4, 0.5) is 0 Å². The van der Waals surface area contributed by atoms with E-state index in [9.17, 15) is 9.59 Å². The van der Waals surface area contributed by atoms with Crippen molar-refractivity contribution in [2.24, 2.45) is 5.92 Å². The van der Waals surface area contributed by atoms with Gasteiger partial charge in [0.2, 0.25) is 11.8 Å². The van der Waals surface area contributed by atoms with E-state index in [2.05, 4.69) is 15.3 Å². The lowest BCUT2D eigenvalue weighted by Crippen LogP contribution is -2.46. The van der Waals surface area contributed by atoms with Crippen molar-refractivity contribution in [3.05, 3.63) is 41.6 Å². The van der Waals surface area contributed by atoms with Gasteiger partial charge in [-0.05, 0) is 37.6 Å². The zero-order chi connectivity index (χ0) is 19.5. The van der Waals surface area contributed by atoms with Gasteiger partial charge in [-0.3, -0.25) is 19.2 Å². The number of furan rings is 1. The molecule has 0 unspecified atom stereocenters. The van der Waals surface area contributed by atoms with Crippen LogP contribution in [-0.2, 0) is 35.8 Å². The molecular formula is C20H27N5O3. The summed E-state index contributed by atoms with van der Waals surface area (Å²) in [5, 5.41) is 7.30. The van der Waals surface area contributed by atoms with E-state index >= 15 is 0 Å².